The molecule has 130 valence electrons. The van der Waals surface area contributed by atoms with Gasteiger partial charge in [-0.1, -0.05) is 12.1 Å². The van der Waals surface area contributed by atoms with E-state index in [4.69, 9.17) is 10.2 Å². The van der Waals surface area contributed by atoms with Crippen LogP contribution in [0.5, 0.6) is 0 Å². The lowest BCUT2D eigenvalue weighted by Gasteiger charge is -2.34. The van der Waals surface area contributed by atoms with Gasteiger partial charge in [-0.25, -0.2) is 4.98 Å². The van der Waals surface area contributed by atoms with Crippen molar-refractivity contribution in [1.29, 1.82) is 5.26 Å². The summed E-state index contributed by atoms with van der Waals surface area (Å²) in [6, 6.07) is 17.1. The van der Waals surface area contributed by atoms with Crippen LogP contribution in [-0.2, 0) is 6.54 Å². The fourth-order valence-corrected chi connectivity index (χ4v) is 4.17. The van der Waals surface area contributed by atoms with Crippen LogP contribution < -0.4 is 0 Å². The number of benzene rings is 2. The molecule has 2 aromatic carbocycles. The first-order valence-corrected chi connectivity index (χ1v) is 9.41. The lowest BCUT2D eigenvalue weighted by Crippen LogP contribution is -2.48. The van der Waals surface area contributed by atoms with Crippen LogP contribution in [0.1, 0.15) is 20.9 Å². The van der Waals surface area contributed by atoms with Gasteiger partial charge in [0, 0.05) is 31.7 Å². The van der Waals surface area contributed by atoms with Crippen LogP contribution in [0.15, 0.2) is 48.5 Å². The molecule has 6 heteroatoms. The Morgan fingerprint density at radius 3 is 2.50 bits per heavy atom. The van der Waals surface area contributed by atoms with E-state index in [1.54, 1.807) is 35.6 Å². The summed E-state index contributed by atoms with van der Waals surface area (Å²) < 4.78 is 1.22. The molecule has 1 fully saturated rings. The zero-order valence-corrected chi connectivity index (χ0v) is 15.1. The molecular weight excluding hydrogens is 344 g/mol. The average Bonchev–Trinajstić information content (AvgIpc) is 3.10. The molecule has 26 heavy (non-hydrogen) atoms. The van der Waals surface area contributed by atoms with Crippen molar-refractivity contribution < 1.29 is 4.79 Å². The van der Waals surface area contributed by atoms with Gasteiger partial charge in [-0.15, -0.1) is 11.3 Å². The van der Waals surface area contributed by atoms with Crippen molar-refractivity contribution in [2.75, 3.05) is 26.2 Å². The van der Waals surface area contributed by atoms with E-state index in [0.717, 1.165) is 30.2 Å². The monoisotopic (exact) mass is 362 g/mol. The van der Waals surface area contributed by atoms with Crippen molar-refractivity contribution >= 4 is 27.5 Å². The normalized spacial score (nSPS) is 15.1. The van der Waals surface area contributed by atoms with Crippen molar-refractivity contribution in [2.45, 2.75) is 6.54 Å². The second kappa shape index (κ2) is 7.24. The molecule has 0 atom stereocenters. The predicted molar refractivity (Wildman–Crippen MR) is 102 cm³/mol. The standard InChI is InChI=1S/C20H18N4OS/c21-13-15-5-7-16(8-6-15)20(25)24-11-9-23(10-12-24)14-19-22-17-3-1-2-4-18(17)26-19/h1-8H,9-12,14H2. The van der Waals surface area contributed by atoms with Crippen molar-refractivity contribution in [3.63, 3.8) is 0 Å². The van der Waals surface area contributed by atoms with Crippen LogP contribution in [-0.4, -0.2) is 46.9 Å². The fourth-order valence-electron chi connectivity index (χ4n) is 3.16. The van der Waals surface area contributed by atoms with Gasteiger partial charge in [0.05, 0.1) is 28.4 Å². The van der Waals surface area contributed by atoms with E-state index in [0.29, 0.717) is 24.2 Å². The molecule has 4 rings (SSSR count). The molecule has 0 aliphatic carbocycles. The Morgan fingerprint density at radius 1 is 1.08 bits per heavy atom. The first kappa shape index (κ1) is 16.7. The van der Waals surface area contributed by atoms with Gasteiger partial charge in [0.2, 0.25) is 0 Å². The largest absolute Gasteiger partial charge is 0.336 e. The van der Waals surface area contributed by atoms with E-state index >= 15 is 0 Å². The summed E-state index contributed by atoms with van der Waals surface area (Å²) in [5.41, 5.74) is 2.27. The number of hydrogen-bond donors (Lipinski definition) is 0. The molecule has 1 aromatic heterocycles. The Bertz CT molecular complexity index is 932. The molecule has 5 nitrogen and oxygen atoms in total. The quantitative estimate of drug-likeness (QED) is 0.718. The highest BCUT2D eigenvalue weighted by molar-refractivity contribution is 7.18. The highest BCUT2D eigenvalue weighted by Gasteiger charge is 2.22. The van der Waals surface area contributed by atoms with Crippen LogP contribution >= 0.6 is 11.3 Å². The SMILES string of the molecule is N#Cc1ccc(C(=O)N2CCN(Cc3nc4ccccc4s3)CC2)cc1. The minimum absolute atomic E-state index is 0.0362. The van der Waals surface area contributed by atoms with Gasteiger partial charge in [0.1, 0.15) is 5.01 Å². The Balaban J connectivity index is 1.36. The van der Waals surface area contributed by atoms with Crippen molar-refractivity contribution in [2.24, 2.45) is 0 Å². The Labute approximate surface area is 156 Å². The summed E-state index contributed by atoms with van der Waals surface area (Å²) in [4.78, 5) is 21.5. The number of fused-ring (bicyclic) bond motifs is 1. The minimum atomic E-state index is 0.0362. The summed E-state index contributed by atoms with van der Waals surface area (Å²) in [7, 11) is 0. The third-order valence-electron chi connectivity index (χ3n) is 4.62. The van der Waals surface area contributed by atoms with Gasteiger partial charge in [-0.05, 0) is 36.4 Å². The van der Waals surface area contributed by atoms with Gasteiger partial charge in [-0.3, -0.25) is 9.69 Å². The second-order valence-electron chi connectivity index (χ2n) is 6.33. The summed E-state index contributed by atoms with van der Waals surface area (Å²) in [5, 5.41) is 9.98. The van der Waals surface area contributed by atoms with Gasteiger partial charge in [0.15, 0.2) is 0 Å². The van der Waals surface area contributed by atoms with Crippen molar-refractivity contribution in [3.8, 4) is 6.07 Å². The van der Waals surface area contributed by atoms with E-state index < -0.39 is 0 Å². The summed E-state index contributed by atoms with van der Waals surface area (Å²) >= 11 is 1.74. The number of nitriles is 1. The van der Waals surface area contributed by atoms with Gasteiger partial charge >= 0.3 is 0 Å². The molecule has 0 saturated carbocycles. The van der Waals surface area contributed by atoms with E-state index in [9.17, 15) is 4.79 Å². The molecule has 0 spiro atoms. The Kier molecular flexibility index (Phi) is 4.65. The molecular formula is C20H18N4OS. The van der Waals surface area contributed by atoms with E-state index in [2.05, 4.69) is 17.0 Å². The molecule has 3 aromatic rings. The molecule has 1 aliphatic heterocycles. The minimum Gasteiger partial charge on any atom is -0.336 e. The third kappa shape index (κ3) is 3.45. The summed E-state index contributed by atoms with van der Waals surface area (Å²) in [6.45, 7) is 3.95. The number of hydrogen-bond acceptors (Lipinski definition) is 5. The number of para-hydroxylation sites is 1. The number of rotatable bonds is 3. The molecule has 2 heterocycles. The maximum atomic E-state index is 12.6. The molecule has 1 amide bonds. The number of carbonyl (C=O) groups excluding carboxylic acids is 1. The topological polar surface area (TPSA) is 60.2 Å². The summed E-state index contributed by atoms with van der Waals surface area (Å²) in [6.07, 6.45) is 0. The maximum absolute atomic E-state index is 12.6. The smallest absolute Gasteiger partial charge is 0.253 e. The number of piperazine rings is 1. The number of nitrogens with zero attached hydrogens (tertiary/aromatic N) is 4. The number of carbonyl (C=O) groups is 1. The fraction of sp³-hybridized carbons (Fsp3) is 0.250. The van der Waals surface area contributed by atoms with Crippen molar-refractivity contribution in [3.05, 3.63) is 64.7 Å². The molecule has 0 unspecified atom stereocenters. The van der Waals surface area contributed by atoms with E-state index in [-0.39, 0.29) is 5.91 Å². The highest BCUT2D eigenvalue weighted by atomic mass is 32.1. The Morgan fingerprint density at radius 2 is 1.81 bits per heavy atom. The highest BCUT2D eigenvalue weighted by Crippen LogP contribution is 2.23. The third-order valence-corrected chi connectivity index (χ3v) is 5.64. The van der Waals surface area contributed by atoms with Gasteiger partial charge < -0.3 is 4.90 Å². The van der Waals surface area contributed by atoms with Crippen LogP contribution in [0.4, 0.5) is 0 Å². The van der Waals surface area contributed by atoms with Crippen LogP contribution in [0.25, 0.3) is 10.2 Å². The zero-order valence-electron chi connectivity index (χ0n) is 14.3. The van der Waals surface area contributed by atoms with E-state index in [1.807, 2.05) is 23.1 Å². The number of thiazole rings is 1. The predicted octanol–water partition coefficient (Wildman–Crippen LogP) is 3.13. The molecule has 1 saturated heterocycles. The Hall–Kier alpha value is -2.75. The molecule has 0 N–H and O–H groups in total. The van der Waals surface area contributed by atoms with Crippen LogP contribution in [0.2, 0.25) is 0 Å². The zero-order chi connectivity index (χ0) is 17.9. The van der Waals surface area contributed by atoms with Gasteiger partial charge in [0.25, 0.3) is 5.91 Å². The lowest BCUT2D eigenvalue weighted by molar-refractivity contribution is 0.0628. The van der Waals surface area contributed by atoms with Crippen LogP contribution in [0.3, 0.4) is 0 Å². The first-order chi connectivity index (χ1) is 12.7. The van der Waals surface area contributed by atoms with Gasteiger partial charge in [-0.2, -0.15) is 5.26 Å². The molecule has 0 bridgehead atoms. The summed E-state index contributed by atoms with van der Waals surface area (Å²) in [5.74, 6) is 0.0362. The number of amides is 1. The van der Waals surface area contributed by atoms with Crippen molar-refractivity contribution in [1.82, 2.24) is 14.8 Å². The molecule has 1 aliphatic rings. The second-order valence-corrected chi connectivity index (χ2v) is 7.45. The average molecular weight is 362 g/mol. The number of aromatic nitrogens is 1. The van der Waals surface area contributed by atoms with Crippen LogP contribution in [0, 0.1) is 11.3 Å². The first-order valence-electron chi connectivity index (χ1n) is 8.59. The molecule has 0 radical (unpaired) electrons. The van der Waals surface area contributed by atoms with E-state index in [1.165, 1.54) is 4.70 Å². The maximum Gasteiger partial charge on any atom is 0.253 e. The lowest BCUT2D eigenvalue weighted by atomic mass is 10.1.